The Balaban J connectivity index is 1.77. The SMILES string of the molecule is CC1(CNCc2occc2Br)CC1. The molecule has 1 aromatic heterocycles. The van der Waals surface area contributed by atoms with Crippen LogP contribution in [0.1, 0.15) is 25.5 Å². The van der Waals surface area contributed by atoms with Crippen molar-refractivity contribution in [3.8, 4) is 0 Å². The number of halogens is 1. The van der Waals surface area contributed by atoms with Crippen molar-refractivity contribution in [2.75, 3.05) is 6.54 Å². The van der Waals surface area contributed by atoms with Crippen molar-refractivity contribution >= 4 is 15.9 Å². The molecule has 0 bridgehead atoms. The van der Waals surface area contributed by atoms with Gasteiger partial charge in [-0.1, -0.05) is 6.92 Å². The van der Waals surface area contributed by atoms with Crippen LogP contribution in [0.5, 0.6) is 0 Å². The fourth-order valence-corrected chi connectivity index (χ4v) is 1.66. The summed E-state index contributed by atoms with van der Waals surface area (Å²) in [6, 6.07) is 1.93. The van der Waals surface area contributed by atoms with E-state index in [-0.39, 0.29) is 0 Å². The predicted octanol–water partition coefficient (Wildman–Crippen LogP) is 2.93. The number of hydrogen-bond donors (Lipinski definition) is 1. The third kappa shape index (κ3) is 2.35. The molecule has 0 saturated heterocycles. The Bertz CT molecular complexity index is 291. The van der Waals surface area contributed by atoms with E-state index in [0.29, 0.717) is 5.41 Å². The molecule has 0 aliphatic heterocycles. The summed E-state index contributed by atoms with van der Waals surface area (Å²) < 4.78 is 6.35. The molecule has 2 nitrogen and oxygen atoms in total. The van der Waals surface area contributed by atoms with Crippen molar-refractivity contribution in [3.63, 3.8) is 0 Å². The van der Waals surface area contributed by atoms with Crippen LogP contribution < -0.4 is 5.32 Å². The maximum absolute atomic E-state index is 5.29. The molecule has 0 radical (unpaired) electrons. The molecule has 1 saturated carbocycles. The molecule has 2 rings (SSSR count). The van der Waals surface area contributed by atoms with Crippen molar-refractivity contribution in [1.29, 1.82) is 0 Å². The van der Waals surface area contributed by atoms with E-state index >= 15 is 0 Å². The average molecular weight is 244 g/mol. The Morgan fingerprint density at radius 3 is 2.92 bits per heavy atom. The van der Waals surface area contributed by atoms with Gasteiger partial charge in [0, 0.05) is 6.54 Å². The van der Waals surface area contributed by atoms with Gasteiger partial charge in [-0.3, -0.25) is 0 Å². The zero-order valence-corrected chi connectivity index (χ0v) is 9.36. The monoisotopic (exact) mass is 243 g/mol. The quantitative estimate of drug-likeness (QED) is 0.880. The molecule has 1 heterocycles. The second-order valence-corrected chi connectivity index (χ2v) is 4.96. The minimum Gasteiger partial charge on any atom is -0.467 e. The number of nitrogens with one attached hydrogen (secondary N) is 1. The zero-order chi connectivity index (χ0) is 9.31. The third-order valence-electron chi connectivity index (χ3n) is 2.63. The normalized spacial score (nSPS) is 18.9. The Morgan fingerprint density at radius 1 is 1.62 bits per heavy atom. The van der Waals surface area contributed by atoms with Crippen LogP contribution in [0.2, 0.25) is 0 Å². The lowest BCUT2D eigenvalue weighted by Gasteiger charge is -2.08. The van der Waals surface area contributed by atoms with Crippen molar-refractivity contribution < 1.29 is 4.42 Å². The summed E-state index contributed by atoms with van der Waals surface area (Å²) in [5.41, 5.74) is 0.569. The molecule has 0 aromatic carbocycles. The molecular formula is C10H14BrNO. The topological polar surface area (TPSA) is 25.2 Å². The highest BCUT2D eigenvalue weighted by Gasteiger charge is 2.36. The first-order valence-corrected chi connectivity index (χ1v) is 5.42. The van der Waals surface area contributed by atoms with E-state index in [0.717, 1.165) is 23.3 Å². The molecule has 1 fully saturated rings. The number of furan rings is 1. The Labute approximate surface area is 86.8 Å². The highest BCUT2D eigenvalue weighted by molar-refractivity contribution is 9.10. The van der Waals surface area contributed by atoms with Gasteiger partial charge < -0.3 is 9.73 Å². The summed E-state index contributed by atoms with van der Waals surface area (Å²) >= 11 is 3.43. The van der Waals surface area contributed by atoms with Crippen LogP contribution in [-0.4, -0.2) is 6.54 Å². The lowest BCUT2D eigenvalue weighted by Crippen LogP contribution is -2.21. The van der Waals surface area contributed by atoms with E-state index in [1.165, 1.54) is 12.8 Å². The first-order chi connectivity index (χ1) is 6.20. The van der Waals surface area contributed by atoms with E-state index in [2.05, 4.69) is 28.2 Å². The van der Waals surface area contributed by atoms with E-state index < -0.39 is 0 Å². The summed E-state index contributed by atoms with van der Waals surface area (Å²) in [6.45, 7) is 4.24. The molecule has 0 spiro atoms. The number of hydrogen-bond acceptors (Lipinski definition) is 2. The first kappa shape index (κ1) is 9.28. The summed E-state index contributed by atoms with van der Waals surface area (Å²) in [5.74, 6) is 0.990. The van der Waals surface area contributed by atoms with Crippen molar-refractivity contribution in [2.24, 2.45) is 5.41 Å². The van der Waals surface area contributed by atoms with Gasteiger partial charge in [-0.05, 0) is 40.3 Å². The minimum atomic E-state index is 0.569. The van der Waals surface area contributed by atoms with E-state index in [1.807, 2.05) is 6.07 Å². The summed E-state index contributed by atoms with van der Waals surface area (Å²) in [4.78, 5) is 0. The maximum Gasteiger partial charge on any atom is 0.131 e. The minimum absolute atomic E-state index is 0.569. The van der Waals surface area contributed by atoms with Gasteiger partial charge in [-0.15, -0.1) is 0 Å². The second kappa shape index (κ2) is 3.46. The van der Waals surface area contributed by atoms with Crippen molar-refractivity contribution in [3.05, 3.63) is 22.6 Å². The van der Waals surface area contributed by atoms with Gasteiger partial charge in [0.15, 0.2) is 0 Å². The summed E-state index contributed by atoms with van der Waals surface area (Å²) in [6.07, 6.45) is 4.43. The summed E-state index contributed by atoms with van der Waals surface area (Å²) in [5, 5.41) is 3.41. The molecule has 1 N–H and O–H groups in total. The first-order valence-electron chi connectivity index (χ1n) is 4.62. The van der Waals surface area contributed by atoms with E-state index in [9.17, 15) is 0 Å². The standard InChI is InChI=1S/C10H14BrNO/c1-10(3-4-10)7-12-6-9-8(11)2-5-13-9/h2,5,12H,3-4,6-7H2,1H3. The molecule has 1 aromatic rings. The van der Waals surface area contributed by atoms with Crippen LogP contribution >= 0.6 is 15.9 Å². The van der Waals surface area contributed by atoms with Crippen LogP contribution in [0, 0.1) is 5.41 Å². The van der Waals surface area contributed by atoms with Gasteiger partial charge in [0.2, 0.25) is 0 Å². The Morgan fingerprint density at radius 2 is 2.38 bits per heavy atom. The summed E-state index contributed by atoms with van der Waals surface area (Å²) in [7, 11) is 0. The molecule has 3 heteroatoms. The largest absolute Gasteiger partial charge is 0.467 e. The van der Waals surface area contributed by atoms with Crippen LogP contribution in [0.3, 0.4) is 0 Å². The highest BCUT2D eigenvalue weighted by Crippen LogP contribution is 2.44. The smallest absolute Gasteiger partial charge is 0.131 e. The number of rotatable bonds is 4. The molecule has 0 amide bonds. The van der Waals surface area contributed by atoms with Gasteiger partial charge in [-0.2, -0.15) is 0 Å². The van der Waals surface area contributed by atoms with Crippen LogP contribution in [0.15, 0.2) is 21.2 Å². The fraction of sp³-hybridized carbons (Fsp3) is 0.600. The fourth-order valence-electron chi connectivity index (χ4n) is 1.32. The van der Waals surface area contributed by atoms with Gasteiger partial charge in [0.1, 0.15) is 5.76 Å². The molecule has 1 aliphatic carbocycles. The molecule has 0 unspecified atom stereocenters. The maximum atomic E-state index is 5.29. The molecular weight excluding hydrogens is 230 g/mol. The highest BCUT2D eigenvalue weighted by atomic mass is 79.9. The second-order valence-electron chi connectivity index (χ2n) is 4.11. The Kier molecular flexibility index (Phi) is 2.47. The van der Waals surface area contributed by atoms with Crippen molar-refractivity contribution in [2.45, 2.75) is 26.3 Å². The van der Waals surface area contributed by atoms with Gasteiger partial charge >= 0.3 is 0 Å². The molecule has 72 valence electrons. The van der Waals surface area contributed by atoms with Crippen LogP contribution in [-0.2, 0) is 6.54 Å². The lowest BCUT2D eigenvalue weighted by molar-refractivity contribution is 0.444. The predicted molar refractivity (Wildman–Crippen MR) is 55.5 cm³/mol. The van der Waals surface area contributed by atoms with Gasteiger partial charge in [0.05, 0.1) is 17.3 Å². The third-order valence-corrected chi connectivity index (χ3v) is 3.34. The van der Waals surface area contributed by atoms with Crippen LogP contribution in [0.25, 0.3) is 0 Å². The van der Waals surface area contributed by atoms with E-state index in [1.54, 1.807) is 6.26 Å². The van der Waals surface area contributed by atoms with Gasteiger partial charge in [-0.25, -0.2) is 0 Å². The zero-order valence-electron chi connectivity index (χ0n) is 7.77. The average Bonchev–Trinajstić information content (AvgIpc) is 2.68. The lowest BCUT2D eigenvalue weighted by atomic mass is 10.1. The van der Waals surface area contributed by atoms with Gasteiger partial charge in [0.25, 0.3) is 0 Å². The van der Waals surface area contributed by atoms with Crippen molar-refractivity contribution in [1.82, 2.24) is 5.32 Å². The van der Waals surface area contributed by atoms with E-state index in [4.69, 9.17) is 4.42 Å². The molecule has 13 heavy (non-hydrogen) atoms. The van der Waals surface area contributed by atoms with Crippen LogP contribution in [0.4, 0.5) is 0 Å². The molecule has 1 aliphatic rings. The molecule has 0 atom stereocenters. The Hall–Kier alpha value is -0.280.